The van der Waals surface area contributed by atoms with E-state index in [4.69, 9.17) is 5.73 Å². The van der Waals surface area contributed by atoms with Crippen molar-refractivity contribution < 1.29 is 4.79 Å². The van der Waals surface area contributed by atoms with E-state index in [2.05, 4.69) is 10.3 Å². The number of hydrogen-bond donors (Lipinski definition) is 2. The molecule has 4 nitrogen and oxygen atoms in total. The van der Waals surface area contributed by atoms with Crippen LogP contribution in [0, 0.1) is 0 Å². The molecule has 16 heavy (non-hydrogen) atoms. The number of halogens is 2. The highest BCUT2D eigenvalue weighted by Gasteiger charge is 2.16. The Morgan fingerprint density at radius 2 is 2.25 bits per heavy atom. The molecule has 0 aliphatic heterocycles. The Hall–Kier alpha value is -0.360. The van der Waals surface area contributed by atoms with Crippen LogP contribution in [0.25, 0.3) is 0 Å². The van der Waals surface area contributed by atoms with Crippen LogP contribution in [0.3, 0.4) is 0 Å². The first-order valence-electron chi connectivity index (χ1n) is 4.60. The second kappa shape index (κ2) is 8.75. The average Bonchev–Trinajstić information content (AvgIpc) is 2.66. The Morgan fingerprint density at radius 3 is 2.62 bits per heavy atom. The molecule has 1 heterocycles. The van der Waals surface area contributed by atoms with Gasteiger partial charge in [0.2, 0.25) is 5.91 Å². The first-order valence-corrected chi connectivity index (χ1v) is 5.48. The predicted octanol–water partition coefficient (Wildman–Crippen LogP) is 1.90. The van der Waals surface area contributed by atoms with E-state index in [0.717, 1.165) is 11.4 Å². The van der Waals surface area contributed by atoms with Gasteiger partial charge in [0, 0.05) is 11.6 Å². The molecule has 0 fully saturated rings. The van der Waals surface area contributed by atoms with Crippen molar-refractivity contribution in [1.82, 2.24) is 10.3 Å². The van der Waals surface area contributed by atoms with Crippen molar-refractivity contribution in [1.29, 1.82) is 0 Å². The van der Waals surface area contributed by atoms with Crippen LogP contribution in [0.2, 0.25) is 0 Å². The van der Waals surface area contributed by atoms with Crippen LogP contribution in [0.1, 0.15) is 31.3 Å². The van der Waals surface area contributed by atoms with Gasteiger partial charge in [0.1, 0.15) is 5.01 Å². The normalized spacial score (nSPS) is 12.9. The number of nitrogens with zero attached hydrogens (tertiary/aromatic N) is 1. The van der Waals surface area contributed by atoms with Gasteiger partial charge in [-0.1, -0.05) is 6.92 Å². The molecule has 0 aliphatic rings. The molecule has 0 aliphatic carbocycles. The molecule has 0 saturated heterocycles. The van der Waals surface area contributed by atoms with E-state index < -0.39 is 6.04 Å². The average molecular weight is 286 g/mol. The summed E-state index contributed by atoms with van der Waals surface area (Å²) in [6.07, 6.45) is 2.56. The molecule has 0 aromatic carbocycles. The first-order chi connectivity index (χ1) is 6.65. The van der Waals surface area contributed by atoms with Gasteiger partial charge in [-0.15, -0.1) is 36.2 Å². The third-order valence-corrected chi connectivity index (χ3v) is 2.78. The zero-order valence-corrected chi connectivity index (χ0v) is 11.6. The van der Waals surface area contributed by atoms with E-state index >= 15 is 0 Å². The molecule has 0 bridgehead atoms. The number of nitrogens with two attached hydrogens (primary N) is 1. The molecule has 1 rings (SSSR count). The fourth-order valence-electron chi connectivity index (χ4n) is 1.05. The fraction of sp³-hybridized carbons (Fsp3) is 0.556. The zero-order valence-electron chi connectivity index (χ0n) is 9.17. The number of hydrogen-bond acceptors (Lipinski definition) is 4. The quantitative estimate of drug-likeness (QED) is 0.888. The molecule has 0 spiro atoms. The number of amides is 1. The van der Waals surface area contributed by atoms with E-state index in [1.165, 1.54) is 0 Å². The SMILES string of the molecule is CCC(NC(=O)[C@H](C)N)c1nccs1.Cl.Cl. The molecule has 0 saturated carbocycles. The minimum Gasteiger partial charge on any atom is -0.346 e. The number of carbonyl (C=O) groups is 1. The molecule has 0 radical (unpaired) electrons. The highest BCUT2D eigenvalue weighted by molar-refractivity contribution is 7.09. The van der Waals surface area contributed by atoms with Gasteiger partial charge < -0.3 is 11.1 Å². The Kier molecular flexibility index (Phi) is 9.86. The largest absolute Gasteiger partial charge is 0.346 e. The Bertz CT molecular complexity index is 293. The van der Waals surface area contributed by atoms with Crippen molar-refractivity contribution in [2.45, 2.75) is 32.4 Å². The van der Waals surface area contributed by atoms with E-state index in [-0.39, 0.29) is 36.8 Å². The van der Waals surface area contributed by atoms with Gasteiger partial charge in [0.05, 0.1) is 12.1 Å². The van der Waals surface area contributed by atoms with E-state index in [1.54, 1.807) is 24.5 Å². The summed E-state index contributed by atoms with van der Waals surface area (Å²) >= 11 is 1.54. The Balaban J connectivity index is 0. The summed E-state index contributed by atoms with van der Waals surface area (Å²) in [7, 11) is 0. The highest BCUT2D eigenvalue weighted by atomic mass is 35.5. The second-order valence-corrected chi connectivity index (χ2v) is 4.05. The van der Waals surface area contributed by atoms with Gasteiger partial charge >= 0.3 is 0 Å². The number of nitrogens with one attached hydrogen (secondary N) is 1. The smallest absolute Gasteiger partial charge is 0.237 e. The van der Waals surface area contributed by atoms with Crippen molar-refractivity contribution in [2.24, 2.45) is 5.73 Å². The standard InChI is InChI=1S/C9H15N3OS.2ClH/c1-3-7(9-11-4-5-14-9)12-8(13)6(2)10;;/h4-7H,3,10H2,1-2H3,(H,12,13);2*1H/t6-,7?;;/m0../s1. The zero-order chi connectivity index (χ0) is 10.6. The third kappa shape index (κ3) is 5.12. The van der Waals surface area contributed by atoms with Gasteiger partial charge in [-0.3, -0.25) is 4.79 Å². The van der Waals surface area contributed by atoms with E-state index in [1.807, 2.05) is 12.3 Å². The van der Waals surface area contributed by atoms with Gasteiger partial charge in [-0.05, 0) is 13.3 Å². The highest BCUT2D eigenvalue weighted by Crippen LogP contribution is 2.18. The predicted molar refractivity (Wildman–Crippen MR) is 71.4 cm³/mol. The molecule has 94 valence electrons. The molecule has 1 aromatic rings. The van der Waals surface area contributed by atoms with Crippen LogP contribution in [0.5, 0.6) is 0 Å². The Labute approximate surface area is 112 Å². The monoisotopic (exact) mass is 285 g/mol. The lowest BCUT2D eigenvalue weighted by atomic mass is 10.2. The number of aromatic nitrogens is 1. The van der Waals surface area contributed by atoms with Crippen LogP contribution in [-0.2, 0) is 4.79 Å². The minimum absolute atomic E-state index is 0. The maximum atomic E-state index is 11.3. The number of thiazole rings is 1. The molecule has 3 N–H and O–H groups in total. The molecule has 1 aromatic heterocycles. The summed E-state index contributed by atoms with van der Waals surface area (Å²) in [5, 5.41) is 5.68. The lowest BCUT2D eigenvalue weighted by Gasteiger charge is -2.15. The van der Waals surface area contributed by atoms with Crippen LogP contribution in [0.15, 0.2) is 11.6 Å². The summed E-state index contributed by atoms with van der Waals surface area (Å²) < 4.78 is 0. The van der Waals surface area contributed by atoms with Crippen LogP contribution < -0.4 is 11.1 Å². The summed E-state index contributed by atoms with van der Waals surface area (Å²) in [5.41, 5.74) is 5.46. The topological polar surface area (TPSA) is 68.0 Å². The maximum Gasteiger partial charge on any atom is 0.237 e. The maximum absolute atomic E-state index is 11.3. The molecular formula is C9H17Cl2N3OS. The summed E-state index contributed by atoms with van der Waals surface area (Å²) in [4.78, 5) is 15.5. The molecule has 1 amide bonds. The molecule has 2 atom stereocenters. The molecular weight excluding hydrogens is 269 g/mol. The Morgan fingerprint density at radius 1 is 1.62 bits per heavy atom. The summed E-state index contributed by atoms with van der Waals surface area (Å²) in [6, 6.07) is -0.475. The second-order valence-electron chi connectivity index (χ2n) is 3.13. The lowest BCUT2D eigenvalue weighted by molar-refractivity contribution is -0.122. The van der Waals surface area contributed by atoms with Crippen molar-refractivity contribution in [2.75, 3.05) is 0 Å². The molecule has 7 heteroatoms. The number of rotatable bonds is 4. The van der Waals surface area contributed by atoms with Crippen molar-refractivity contribution >= 4 is 42.1 Å². The first kappa shape index (κ1) is 18.0. The van der Waals surface area contributed by atoms with Crippen molar-refractivity contribution in [3.8, 4) is 0 Å². The molecule has 1 unspecified atom stereocenters. The van der Waals surface area contributed by atoms with Gasteiger partial charge in [-0.2, -0.15) is 0 Å². The summed E-state index contributed by atoms with van der Waals surface area (Å²) in [6.45, 7) is 3.68. The van der Waals surface area contributed by atoms with Gasteiger partial charge in [0.25, 0.3) is 0 Å². The van der Waals surface area contributed by atoms with Gasteiger partial charge in [-0.25, -0.2) is 4.98 Å². The van der Waals surface area contributed by atoms with Crippen molar-refractivity contribution in [3.63, 3.8) is 0 Å². The van der Waals surface area contributed by atoms with Gasteiger partial charge in [0.15, 0.2) is 0 Å². The summed E-state index contributed by atoms with van der Waals surface area (Å²) in [5.74, 6) is -0.132. The number of carbonyl (C=O) groups excluding carboxylic acids is 1. The lowest BCUT2D eigenvalue weighted by Crippen LogP contribution is -2.40. The van der Waals surface area contributed by atoms with Crippen molar-refractivity contribution in [3.05, 3.63) is 16.6 Å². The van der Waals surface area contributed by atoms with Crippen LogP contribution >= 0.6 is 36.2 Å². The van der Waals surface area contributed by atoms with E-state index in [0.29, 0.717) is 0 Å². The van der Waals surface area contributed by atoms with Crippen LogP contribution in [0.4, 0.5) is 0 Å². The van der Waals surface area contributed by atoms with Crippen LogP contribution in [-0.4, -0.2) is 16.9 Å². The van der Waals surface area contributed by atoms with E-state index in [9.17, 15) is 4.79 Å². The third-order valence-electron chi connectivity index (χ3n) is 1.89. The minimum atomic E-state index is -0.469. The fourth-order valence-corrected chi connectivity index (χ4v) is 1.82.